The number of para-hydroxylation sites is 1. The molecule has 1 fully saturated rings. The molecule has 0 saturated heterocycles. The lowest BCUT2D eigenvalue weighted by molar-refractivity contribution is 0.290. The standard InChI is InChI=1S/C15H24N2O2S/c1-12-7-9-13(10-8-12)11-17-20(18,19)15-6-4-3-5-14(15)16-2/h3-6,12-13,16-17H,7-11H2,1-2H3. The molecule has 20 heavy (non-hydrogen) atoms. The molecule has 0 atom stereocenters. The number of rotatable bonds is 5. The van der Waals surface area contributed by atoms with E-state index in [1.165, 1.54) is 12.8 Å². The lowest BCUT2D eigenvalue weighted by Gasteiger charge is -2.26. The Balaban J connectivity index is 2.00. The molecule has 0 amide bonds. The van der Waals surface area contributed by atoms with Crippen LogP contribution in [0.4, 0.5) is 5.69 Å². The second kappa shape index (κ2) is 6.59. The summed E-state index contributed by atoms with van der Waals surface area (Å²) < 4.78 is 27.5. The van der Waals surface area contributed by atoms with Crippen LogP contribution in [0.1, 0.15) is 32.6 Å². The summed E-state index contributed by atoms with van der Waals surface area (Å²) >= 11 is 0. The number of sulfonamides is 1. The first kappa shape index (κ1) is 15.3. The summed E-state index contributed by atoms with van der Waals surface area (Å²) in [5.74, 6) is 1.26. The van der Waals surface area contributed by atoms with E-state index in [9.17, 15) is 8.42 Å². The maximum Gasteiger partial charge on any atom is 0.242 e. The molecule has 112 valence electrons. The fourth-order valence-corrected chi connectivity index (χ4v) is 4.07. The molecule has 2 rings (SSSR count). The molecule has 4 nitrogen and oxygen atoms in total. The van der Waals surface area contributed by atoms with Crippen molar-refractivity contribution in [2.45, 2.75) is 37.5 Å². The first-order chi connectivity index (χ1) is 9.53. The quantitative estimate of drug-likeness (QED) is 0.878. The monoisotopic (exact) mass is 296 g/mol. The average Bonchev–Trinajstić information content (AvgIpc) is 2.46. The van der Waals surface area contributed by atoms with Crippen molar-refractivity contribution < 1.29 is 8.42 Å². The number of hydrogen-bond donors (Lipinski definition) is 2. The van der Waals surface area contributed by atoms with Crippen LogP contribution < -0.4 is 10.0 Å². The van der Waals surface area contributed by atoms with Gasteiger partial charge >= 0.3 is 0 Å². The molecule has 0 radical (unpaired) electrons. The first-order valence-corrected chi connectivity index (χ1v) is 8.77. The van der Waals surface area contributed by atoms with Crippen molar-refractivity contribution in [2.75, 3.05) is 18.9 Å². The van der Waals surface area contributed by atoms with E-state index in [-0.39, 0.29) is 0 Å². The van der Waals surface area contributed by atoms with Crippen LogP contribution in [0.2, 0.25) is 0 Å². The molecule has 1 aromatic rings. The minimum absolute atomic E-state index is 0.326. The van der Waals surface area contributed by atoms with Crippen LogP contribution in [0, 0.1) is 11.8 Å². The minimum Gasteiger partial charge on any atom is -0.387 e. The Bertz CT molecular complexity index is 535. The molecule has 1 aromatic carbocycles. The Kier molecular flexibility index (Phi) is 5.05. The Labute approximate surface area is 122 Å². The van der Waals surface area contributed by atoms with E-state index in [1.54, 1.807) is 25.2 Å². The van der Waals surface area contributed by atoms with Crippen LogP contribution in [0.5, 0.6) is 0 Å². The molecule has 1 aliphatic carbocycles. The maximum absolute atomic E-state index is 12.4. The highest BCUT2D eigenvalue weighted by Crippen LogP contribution is 2.28. The van der Waals surface area contributed by atoms with Crippen molar-refractivity contribution in [3.63, 3.8) is 0 Å². The summed E-state index contributed by atoms with van der Waals surface area (Å²) in [6.45, 7) is 2.82. The summed E-state index contributed by atoms with van der Waals surface area (Å²) in [5.41, 5.74) is 0.636. The Morgan fingerprint density at radius 3 is 2.45 bits per heavy atom. The lowest BCUT2D eigenvalue weighted by atomic mass is 9.83. The predicted octanol–water partition coefficient (Wildman–Crippen LogP) is 2.83. The molecule has 0 heterocycles. The van der Waals surface area contributed by atoms with E-state index in [0.717, 1.165) is 18.8 Å². The highest BCUT2D eigenvalue weighted by molar-refractivity contribution is 7.89. The maximum atomic E-state index is 12.4. The number of benzene rings is 1. The number of nitrogens with one attached hydrogen (secondary N) is 2. The van der Waals surface area contributed by atoms with Crippen LogP contribution in [-0.4, -0.2) is 22.0 Å². The van der Waals surface area contributed by atoms with E-state index in [1.807, 2.05) is 6.07 Å². The Hall–Kier alpha value is -1.07. The van der Waals surface area contributed by atoms with Crippen molar-refractivity contribution in [3.8, 4) is 0 Å². The van der Waals surface area contributed by atoms with E-state index >= 15 is 0 Å². The summed E-state index contributed by atoms with van der Waals surface area (Å²) in [4.78, 5) is 0.326. The van der Waals surface area contributed by atoms with Gasteiger partial charge in [-0.3, -0.25) is 0 Å². The van der Waals surface area contributed by atoms with E-state index in [0.29, 0.717) is 23.0 Å². The average molecular weight is 296 g/mol. The van der Waals surface area contributed by atoms with Gasteiger partial charge in [0.25, 0.3) is 0 Å². The fourth-order valence-electron chi connectivity index (χ4n) is 2.75. The first-order valence-electron chi connectivity index (χ1n) is 7.29. The fraction of sp³-hybridized carbons (Fsp3) is 0.600. The van der Waals surface area contributed by atoms with Crippen LogP contribution in [0.3, 0.4) is 0 Å². The van der Waals surface area contributed by atoms with Crippen molar-refractivity contribution in [3.05, 3.63) is 24.3 Å². The second-order valence-electron chi connectivity index (χ2n) is 5.72. The zero-order valence-electron chi connectivity index (χ0n) is 12.2. The summed E-state index contributed by atoms with van der Waals surface area (Å²) in [6.07, 6.45) is 4.66. The smallest absolute Gasteiger partial charge is 0.242 e. The van der Waals surface area contributed by atoms with Gasteiger partial charge < -0.3 is 5.32 Å². The molecule has 0 spiro atoms. The zero-order valence-corrected chi connectivity index (χ0v) is 13.0. The molecule has 1 saturated carbocycles. The Morgan fingerprint density at radius 2 is 1.80 bits per heavy atom. The largest absolute Gasteiger partial charge is 0.387 e. The molecular formula is C15H24N2O2S. The molecule has 0 aliphatic heterocycles. The number of hydrogen-bond acceptors (Lipinski definition) is 3. The van der Waals surface area contributed by atoms with Crippen molar-refractivity contribution in [1.82, 2.24) is 4.72 Å². The van der Waals surface area contributed by atoms with Gasteiger partial charge in [0.1, 0.15) is 4.90 Å². The summed E-state index contributed by atoms with van der Waals surface area (Å²) in [7, 11) is -1.70. The molecule has 0 unspecified atom stereocenters. The molecule has 1 aliphatic rings. The van der Waals surface area contributed by atoms with Gasteiger partial charge in [-0.25, -0.2) is 13.1 Å². The van der Waals surface area contributed by atoms with Crippen molar-refractivity contribution >= 4 is 15.7 Å². The van der Waals surface area contributed by atoms with E-state index < -0.39 is 10.0 Å². The van der Waals surface area contributed by atoms with Gasteiger partial charge in [0.2, 0.25) is 10.0 Å². The zero-order chi connectivity index (χ0) is 14.6. The third kappa shape index (κ3) is 3.73. The van der Waals surface area contributed by atoms with Gasteiger partial charge in [0, 0.05) is 13.6 Å². The van der Waals surface area contributed by atoms with Gasteiger partial charge in [-0.2, -0.15) is 0 Å². The van der Waals surface area contributed by atoms with E-state index in [2.05, 4.69) is 17.0 Å². The summed E-state index contributed by atoms with van der Waals surface area (Å²) in [5, 5.41) is 2.93. The van der Waals surface area contributed by atoms with Crippen molar-refractivity contribution in [1.29, 1.82) is 0 Å². The van der Waals surface area contributed by atoms with Crippen LogP contribution >= 0.6 is 0 Å². The molecule has 5 heteroatoms. The molecule has 0 bridgehead atoms. The third-order valence-corrected chi connectivity index (χ3v) is 5.63. The van der Waals surface area contributed by atoms with Gasteiger partial charge in [-0.05, 0) is 36.8 Å². The molecule has 0 aromatic heterocycles. The topological polar surface area (TPSA) is 58.2 Å². The number of anilines is 1. The van der Waals surface area contributed by atoms with Crippen LogP contribution in [0.15, 0.2) is 29.2 Å². The molecular weight excluding hydrogens is 272 g/mol. The molecule has 2 N–H and O–H groups in total. The van der Waals surface area contributed by atoms with Gasteiger partial charge in [0.15, 0.2) is 0 Å². The summed E-state index contributed by atoms with van der Waals surface area (Å²) in [6, 6.07) is 6.99. The lowest BCUT2D eigenvalue weighted by Crippen LogP contribution is -2.31. The van der Waals surface area contributed by atoms with Gasteiger partial charge in [-0.1, -0.05) is 31.9 Å². The highest BCUT2D eigenvalue weighted by atomic mass is 32.2. The normalized spacial score (nSPS) is 23.5. The van der Waals surface area contributed by atoms with Crippen molar-refractivity contribution in [2.24, 2.45) is 11.8 Å². The van der Waals surface area contributed by atoms with Crippen LogP contribution in [-0.2, 0) is 10.0 Å². The van der Waals surface area contributed by atoms with Gasteiger partial charge in [0.05, 0.1) is 5.69 Å². The van der Waals surface area contributed by atoms with E-state index in [4.69, 9.17) is 0 Å². The SMILES string of the molecule is CNc1ccccc1S(=O)(=O)NCC1CCC(C)CC1. The predicted molar refractivity (Wildman–Crippen MR) is 82.3 cm³/mol. The second-order valence-corrected chi connectivity index (χ2v) is 7.46. The van der Waals surface area contributed by atoms with Gasteiger partial charge in [-0.15, -0.1) is 0 Å². The third-order valence-electron chi connectivity index (χ3n) is 4.14. The minimum atomic E-state index is -3.43. The Morgan fingerprint density at radius 1 is 1.15 bits per heavy atom. The van der Waals surface area contributed by atoms with Crippen LogP contribution in [0.25, 0.3) is 0 Å². The highest BCUT2D eigenvalue weighted by Gasteiger charge is 2.22.